The van der Waals surface area contributed by atoms with Gasteiger partial charge >= 0.3 is 0 Å². The summed E-state index contributed by atoms with van der Waals surface area (Å²) < 4.78 is 0. The van der Waals surface area contributed by atoms with Crippen LogP contribution < -0.4 is 0 Å². The van der Waals surface area contributed by atoms with Crippen LogP contribution in [0.5, 0.6) is 0 Å². The molecular weight excluding hydrogens is 168 g/mol. The van der Waals surface area contributed by atoms with Gasteiger partial charge in [-0.15, -0.1) is 11.6 Å². The zero-order valence-electron chi connectivity index (χ0n) is 7.78. The van der Waals surface area contributed by atoms with Gasteiger partial charge in [0.2, 0.25) is 0 Å². The minimum absolute atomic E-state index is 0.0759. The first kappa shape index (κ1) is 9.93. The zero-order chi connectivity index (χ0) is 8.81. The Morgan fingerprint density at radius 2 is 2.00 bits per heavy atom. The summed E-state index contributed by atoms with van der Waals surface area (Å²) in [5.74, 6) is 7.05. The van der Waals surface area contributed by atoms with Crippen molar-refractivity contribution in [2.45, 2.75) is 50.8 Å². The van der Waals surface area contributed by atoms with Crippen molar-refractivity contribution in [3.8, 4) is 11.8 Å². The van der Waals surface area contributed by atoms with Crippen LogP contribution in [-0.4, -0.2) is 5.38 Å². The summed E-state index contributed by atoms with van der Waals surface area (Å²) in [6, 6.07) is 0. The quantitative estimate of drug-likeness (QED) is 0.432. The third-order valence-corrected chi connectivity index (χ3v) is 2.83. The summed E-state index contributed by atoms with van der Waals surface area (Å²) in [5.41, 5.74) is 0. The van der Waals surface area contributed by atoms with Crippen molar-refractivity contribution in [2.75, 3.05) is 0 Å². The van der Waals surface area contributed by atoms with Gasteiger partial charge in [0.25, 0.3) is 0 Å². The maximum atomic E-state index is 5.91. The zero-order valence-corrected chi connectivity index (χ0v) is 8.53. The lowest BCUT2D eigenvalue weighted by Crippen LogP contribution is -2.04. The minimum Gasteiger partial charge on any atom is -0.109 e. The smallest absolute Gasteiger partial charge is 0.0940 e. The van der Waals surface area contributed by atoms with E-state index >= 15 is 0 Å². The highest BCUT2D eigenvalue weighted by atomic mass is 35.5. The van der Waals surface area contributed by atoms with Gasteiger partial charge in [-0.25, -0.2) is 0 Å². The Balaban J connectivity index is 2.30. The summed E-state index contributed by atoms with van der Waals surface area (Å²) in [6.45, 7) is 2.08. The Kier molecular flexibility index (Phi) is 4.54. The molecule has 1 fully saturated rings. The molecule has 0 spiro atoms. The Labute approximate surface area is 80.7 Å². The molecule has 0 saturated heterocycles. The van der Waals surface area contributed by atoms with Crippen LogP contribution >= 0.6 is 11.6 Å². The number of rotatable bonds is 1. The highest BCUT2D eigenvalue weighted by Gasteiger charge is 2.09. The summed E-state index contributed by atoms with van der Waals surface area (Å²) in [6.07, 6.45) is 7.66. The van der Waals surface area contributed by atoms with Gasteiger partial charge in [0.1, 0.15) is 0 Å². The number of hydrogen-bond acceptors (Lipinski definition) is 0. The fraction of sp³-hybridized carbons (Fsp3) is 0.818. The third kappa shape index (κ3) is 3.50. The van der Waals surface area contributed by atoms with E-state index in [1.807, 2.05) is 0 Å². The topological polar surface area (TPSA) is 0 Å². The van der Waals surface area contributed by atoms with E-state index in [1.165, 1.54) is 32.1 Å². The highest BCUT2D eigenvalue weighted by Crippen LogP contribution is 2.22. The highest BCUT2D eigenvalue weighted by molar-refractivity contribution is 6.22. The molecular formula is C11H17Cl. The molecule has 1 saturated carbocycles. The lowest BCUT2D eigenvalue weighted by atomic mass is 9.90. The maximum Gasteiger partial charge on any atom is 0.0940 e. The Morgan fingerprint density at radius 1 is 1.33 bits per heavy atom. The molecule has 0 heterocycles. The summed E-state index contributed by atoms with van der Waals surface area (Å²) >= 11 is 5.91. The van der Waals surface area contributed by atoms with Crippen LogP contribution in [0.25, 0.3) is 0 Å². The van der Waals surface area contributed by atoms with Gasteiger partial charge in [-0.1, -0.05) is 38.0 Å². The molecule has 0 aromatic rings. The van der Waals surface area contributed by atoms with Gasteiger partial charge < -0.3 is 0 Å². The van der Waals surface area contributed by atoms with E-state index in [0.717, 1.165) is 6.42 Å². The molecule has 1 heteroatoms. The van der Waals surface area contributed by atoms with Crippen LogP contribution in [0.2, 0.25) is 0 Å². The molecule has 12 heavy (non-hydrogen) atoms. The van der Waals surface area contributed by atoms with Crippen LogP contribution in [0, 0.1) is 17.8 Å². The van der Waals surface area contributed by atoms with Gasteiger partial charge in [0, 0.05) is 5.92 Å². The van der Waals surface area contributed by atoms with Crippen LogP contribution in [-0.2, 0) is 0 Å². The van der Waals surface area contributed by atoms with Gasteiger partial charge in [-0.3, -0.25) is 0 Å². The van der Waals surface area contributed by atoms with Crippen molar-refractivity contribution in [2.24, 2.45) is 5.92 Å². The second kappa shape index (κ2) is 5.49. The molecule has 1 unspecified atom stereocenters. The SMILES string of the molecule is CCC(Cl)C#CC1CCCCC1. The summed E-state index contributed by atoms with van der Waals surface area (Å²) in [7, 11) is 0. The molecule has 0 aromatic heterocycles. The van der Waals surface area contributed by atoms with Crippen molar-refractivity contribution in [1.82, 2.24) is 0 Å². The fourth-order valence-electron chi connectivity index (χ4n) is 1.56. The first-order valence-corrected chi connectivity index (χ1v) is 5.41. The van der Waals surface area contributed by atoms with E-state index in [0.29, 0.717) is 5.92 Å². The van der Waals surface area contributed by atoms with E-state index in [9.17, 15) is 0 Å². The molecule has 0 radical (unpaired) electrons. The fourth-order valence-corrected chi connectivity index (χ4v) is 1.62. The van der Waals surface area contributed by atoms with Crippen molar-refractivity contribution in [1.29, 1.82) is 0 Å². The van der Waals surface area contributed by atoms with E-state index in [-0.39, 0.29) is 5.38 Å². The first-order chi connectivity index (χ1) is 5.83. The molecule has 0 aliphatic heterocycles. The second-order valence-corrected chi connectivity index (χ2v) is 4.03. The van der Waals surface area contributed by atoms with Crippen molar-refractivity contribution in [3.63, 3.8) is 0 Å². The Bertz CT molecular complexity index is 169. The minimum atomic E-state index is 0.0759. The second-order valence-electron chi connectivity index (χ2n) is 3.50. The largest absolute Gasteiger partial charge is 0.109 e. The van der Waals surface area contributed by atoms with Gasteiger partial charge in [0.15, 0.2) is 0 Å². The molecule has 0 nitrogen and oxygen atoms in total. The molecule has 1 aliphatic carbocycles. The average molecular weight is 185 g/mol. The van der Waals surface area contributed by atoms with Crippen LogP contribution in [0.1, 0.15) is 45.4 Å². The van der Waals surface area contributed by atoms with E-state index in [2.05, 4.69) is 18.8 Å². The van der Waals surface area contributed by atoms with Gasteiger partial charge in [0.05, 0.1) is 5.38 Å². The molecule has 0 amide bonds. The predicted molar refractivity (Wildman–Crippen MR) is 54.3 cm³/mol. The van der Waals surface area contributed by atoms with Crippen molar-refractivity contribution in [3.05, 3.63) is 0 Å². The third-order valence-electron chi connectivity index (χ3n) is 2.41. The molecule has 0 bridgehead atoms. The van der Waals surface area contributed by atoms with Crippen LogP contribution in [0.15, 0.2) is 0 Å². The van der Waals surface area contributed by atoms with Crippen molar-refractivity contribution >= 4 is 11.6 Å². The Morgan fingerprint density at radius 3 is 2.58 bits per heavy atom. The van der Waals surface area contributed by atoms with Gasteiger partial charge in [-0.2, -0.15) is 0 Å². The molecule has 0 aromatic carbocycles. The molecule has 1 aliphatic rings. The van der Waals surface area contributed by atoms with Crippen LogP contribution in [0.4, 0.5) is 0 Å². The average Bonchev–Trinajstić information content (AvgIpc) is 2.16. The predicted octanol–water partition coefficient (Wildman–Crippen LogP) is 3.59. The number of alkyl halides is 1. The Hall–Kier alpha value is -0.150. The monoisotopic (exact) mass is 184 g/mol. The number of hydrogen-bond donors (Lipinski definition) is 0. The van der Waals surface area contributed by atoms with E-state index in [4.69, 9.17) is 11.6 Å². The first-order valence-electron chi connectivity index (χ1n) is 4.98. The molecule has 68 valence electrons. The lowest BCUT2D eigenvalue weighted by molar-refractivity contribution is 0.430. The van der Waals surface area contributed by atoms with Gasteiger partial charge in [-0.05, 0) is 19.3 Å². The molecule has 1 rings (SSSR count). The normalized spacial score (nSPS) is 21.2. The molecule has 0 N–H and O–H groups in total. The van der Waals surface area contributed by atoms with Crippen LogP contribution in [0.3, 0.4) is 0 Å². The van der Waals surface area contributed by atoms with E-state index < -0.39 is 0 Å². The van der Waals surface area contributed by atoms with E-state index in [1.54, 1.807) is 0 Å². The molecule has 1 atom stereocenters. The standard InChI is InChI=1S/C11H17Cl/c1-2-11(12)9-8-10-6-4-3-5-7-10/h10-11H,2-7H2,1H3. The maximum absolute atomic E-state index is 5.91. The lowest BCUT2D eigenvalue weighted by Gasteiger charge is -2.15. The number of halogens is 1. The van der Waals surface area contributed by atoms with Crippen molar-refractivity contribution < 1.29 is 0 Å². The summed E-state index contributed by atoms with van der Waals surface area (Å²) in [4.78, 5) is 0. The summed E-state index contributed by atoms with van der Waals surface area (Å²) in [5, 5.41) is 0.0759.